The molecule has 0 radical (unpaired) electrons. The molecule has 0 saturated heterocycles. The lowest BCUT2D eigenvalue weighted by Gasteiger charge is -2.27. The SMILES string of the molecule is C#CCOCC(O)CN(Cc1ccc(C)o1)C(C)C. The number of nitrogens with zero attached hydrogens (tertiary/aromatic N) is 1. The number of terminal acetylenes is 1. The molecule has 1 N–H and O–H groups in total. The first kappa shape index (κ1) is 15.8. The van der Waals surface area contributed by atoms with Gasteiger partial charge in [-0.3, -0.25) is 4.90 Å². The van der Waals surface area contributed by atoms with Crippen LogP contribution in [-0.2, 0) is 11.3 Å². The Morgan fingerprint density at radius 1 is 1.47 bits per heavy atom. The van der Waals surface area contributed by atoms with Crippen LogP contribution in [0.15, 0.2) is 16.5 Å². The van der Waals surface area contributed by atoms with Crippen LogP contribution in [-0.4, -0.2) is 41.9 Å². The molecule has 4 nitrogen and oxygen atoms in total. The number of hydrogen-bond acceptors (Lipinski definition) is 4. The van der Waals surface area contributed by atoms with Crippen LogP contribution in [0.2, 0.25) is 0 Å². The maximum Gasteiger partial charge on any atom is 0.118 e. The smallest absolute Gasteiger partial charge is 0.118 e. The van der Waals surface area contributed by atoms with E-state index < -0.39 is 6.10 Å². The highest BCUT2D eigenvalue weighted by molar-refractivity contribution is 5.05. The summed E-state index contributed by atoms with van der Waals surface area (Å²) in [5.41, 5.74) is 0. The van der Waals surface area contributed by atoms with Gasteiger partial charge in [-0.25, -0.2) is 0 Å². The van der Waals surface area contributed by atoms with Gasteiger partial charge in [-0.05, 0) is 32.9 Å². The fourth-order valence-corrected chi connectivity index (χ4v) is 1.81. The molecule has 1 aromatic heterocycles. The molecule has 106 valence electrons. The highest BCUT2D eigenvalue weighted by Gasteiger charge is 2.16. The molecule has 4 heteroatoms. The van der Waals surface area contributed by atoms with Gasteiger partial charge in [0.15, 0.2) is 0 Å². The average Bonchev–Trinajstić information content (AvgIpc) is 2.74. The molecule has 0 aliphatic heterocycles. The highest BCUT2D eigenvalue weighted by atomic mass is 16.5. The van der Waals surface area contributed by atoms with E-state index in [2.05, 4.69) is 24.7 Å². The van der Waals surface area contributed by atoms with E-state index in [1.807, 2.05) is 19.1 Å². The van der Waals surface area contributed by atoms with Crippen molar-refractivity contribution in [3.05, 3.63) is 23.7 Å². The molecule has 0 saturated carbocycles. The molecule has 19 heavy (non-hydrogen) atoms. The van der Waals surface area contributed by atoms with E-state index in [9.17, 15) is 5.11 Å². The fourth-order valence-electron chi connectivity index (χ4n) is 1.81. The molecule has 1 atom stereocenters. The van der Waals surface area contributed by atoms with E-state index >= 15 is 0 Å². The van der Waals surface area contributed by atoms with Crippen LogP contribution in [0.1, 0.15) is 25.4 Å². The molecule has 0 aromatic carbocycles. The van der Waals surface area contributed by atoms with Gasteiger partial charge in [0.05, 0.1) is 19.3 Å². The minimum atomic E-state index is -0.549. The van der Waals surface area contributed by atoms with Crippen molar-refractivity contribution in [2.45, 2.75) is 39.5 Å². The summed E-state index contributed by atoms with van der Waals surface area (Å²) in [5, 5.41) is 9.91. The van der Waals surface area contributed by atoms with Crippen LogP contribution in [0.25, 0.3) is 0 Å². The lowest BCUT2D eigenvalue weighted by Crippen LogP contribution is -2.38. The van der Waals surface area contributed by atoms with Crippen LogP contribution in [0.4, 0.5) is 0 Å². The minimum Gasteiger partial charge on any atom is -0.465 e. The van der Waals surface area contributed by atoms with Crippen molar-refractivity contribution >= 4 is 0 Å². The van der Waals surface area contributed by atoms with E-state index in [-0.39, 0.29) is 13.2 Å². The second-order valence-electron chi connectivity index (χ2n) is 4.91. The second-order valence-corrected chi connectivity index (χ2v) is 4.91. The maximum absolute atomic E-state index is 9.91. The Labute approximate surface area is 115 Å². The molecule has 0 bridgehead atoms. The monoisotopic (exact) mass is 265 g/mol. The second kappa shape index (κ2) is 8.00. The minimum absolute atomic E-state index is 0.232. The van der Waals surface area contributed by atoms with Gasteiger partial charge in [0, 0.05) is 12.6 Å². The van der Waals surface area contributed by atoms with Gasteiger partial charge in [0.1, 0.15) is 18.1 Å². The van der Waals surface area contributed by atoms with E-state index in [1.165, 1.54) is 0 Å². The molecule has 0 aliphatic carbocycles. The van der Waals surface area contributed by atoms with Crippen LogP contribution in [0.5, 0.6) is 0 Å². The molecule has 0 spiro atoms. The summed E-state index contributed by atoms with van der Waals surface area (Å²) in [6, 6.07) is 4.22. The lowest BCUT2D eigenvalue weighted by molar-refractivity contribution is 0.0176. The first-order valence-corrected chi connectivity index (χ1v) is 6.51. The standard InChI is InChI=1S/C15H23NO3/c1-5-8-18-11-14(17)9-16(12(2)3)10-15-7-6-13(4)19-15/h1,6-7,12,14,17H,8-11H2,2-4H3. The Kier molecular flexibility index (Phi) is 6.65. The molecule has 0 aliphatic rings. The molecule has 0 amide bonds. The molecule has 1 rings (SSSR count). The molecule has 0 fully saturated rings. The third-order valence-electron chi connectivity index (χ3n) is 2.83. The van der Waals surface area contributed by atoms with Gasteiger partial charge in [-0.1, -0.05) is 5.92 Å². The Hall–Kier alpha value is -1.28. The van der Waals surface area contributed by atoms with Gasteiger partial charge in [-0.2, -0.15) is 0 Å². The van der Waals surface area contributed by atoms with Crippen molar-refractivity contribution in [3.8, 4) is 12.3 Å². The van der Waals surface area contributed by atoms with Gasteiger partial charge < -0.3 is 14.3 Å². The number of ether oxygens (including phenoxy) is 1. The molecular weight excluding hydrogens is 242 g/mol. The Morgan fingerprint density at radius 3 is 2.74 bits per heavy atom. The quantitative estimate of drug-likeness (QED) is 0.575. The molecule has 1 aromatic rings. The van der Waals surface area contributed by atoms with Crippen LogP contribution in [0.3, 0.4) is 0 Å². The molecule has 1 unspecified atom stereocenters. The van der Waals surface area contributed by atoms with Crippen LogP contribution in [0, 0.1) is 19.3 Å². The van der Waals surface area contributed by atoms with Gasteiger partial charge >= 0.3 is 0 Å². The summed E-state index contributed by atoms with van der Waals surface area (Å²) >= 11 is 0. The number of hydrogen-bond donors (Lipinski definition) is 1. The summed E-state index contributed by atoms with van der Waals surface area (Å²) in [7, 11) is 0. The predicted molar refractivity (Wildman–Crippen MR) is 74.6 cm³/mol. The predicted octanol–water partition coefficient (Wildman–Crippen LogP) is 1.81. The number of aliphatic hydroxyl groups is 1. The van der Waals surface area contributed by atoms with Crippen LogP contribution >= 0.6 is 0 Å². The van der Waals surface area contributed by atoms with Crippen molar-refractivity contribution in [1.29, 1.82) is 0 Å². The average molecular weight is 265 g/mol. The van der Waals surface area contributed by atoms with Crippen molar-refractivity contribution in [2.24, 2.45) is 0 Å². The zero-order chi connectivity index (χ0) is 14.3. The zero-order valence-corrected chi connectivity index (χ0v) is 11.9. The normalized spacial score (nSPS) is 12.9. The number of rotatable bonds is 8. The fraction of sp³-hybridized carbons (Fsp3) is 0.600. The Balaban J connectivity index is 2.46. The van der Waals surface area contributed by atoms with Crippen LogP contribution < -0.4 is 0 Å². The largest absolute Gasteiger partial charge is 0.465 e. The summed E-state index contributed by atoms with van der Waals surface area (Å²) in [4.78, 5) is 2.14. The van der Waals surface area contributed by atoms with Gasteiger partial charge in [-0.15, -0.1) is 6.42 Å². The summed E-state index contributed by atoms with van der Waals surface area (Å²) in [5.74, 6) is 4.18. The number of aryl methyl sites for hydroxylation is 1. The summed E-state index contributed by atoms with van der Waals surface area (Å²) in [6.45, 7) is 7.79. The zero-order valence-electron chi connectivity index (χ0n) is 11.9. The van der Waals surface area contributed by atoms with Crippen molar-refractivity contribution in [3.63, 3.8) is 0 Å². The Morgan fingerprint density at radius 2 is 2.21 bits per heavy atom. The van der Waals surface area contributed by atoms with Gasteiger partial charge in [0.2, 0.25) is 0 Å². The number of furan rings is 1. The van der Waals surface area contributed by atoms with Crippen molar-refractivity contribution < 1.29 is 14.3 Å². The molecule has 1 heterocycles. The summed E-state index contributed by atoms with van der Waals surface area (Å²) < 4.78 is 10.7. The topological polar surface area (TPSA) is 45.8 Å². The first-order chi connectivity index (χ1) is 9.02. The first-order valence-electron chi connectivity index (χ1n) is 6.51. The van der Waals surface area contributed by atoms with E-state index in [0.29, 0.717) is 19.1 Å². The third-order valence-corrected chi connectivity index (χ3v) is 2.83. The summed E-state index contributed by atoms with van der Waals surface area (Å²) in [6.07, 6.45) is 4.54. The number of aliphatic hydroxyl groups excluding tert-OH is 1. The van der Waals surface area contributed by atoms with Gasteiger partial charge in [0.25, 0.3) is 0 Å². The maximum atomic E-state index is 9.91. The lowest BCUT2D eigenvalue weighted by atomic mass is 10.2. The van der Waals surface area contributed by atoms with Crippen molar-refractivity contribution in [2.75, 3.05) is 19.8 Å². The van der Waals surface area contributed by atoms with E-state index in [4.69, 9.17) is 15.6 Å². The Bertz CT molecular complexity index is 406. The van der Waals surface area contributed by atoms with Crippen molar-refractivity contribution in [1.82, 2.24) is 4.90 Å². The highest BCUT2D eigenvalue weighted by Crippen LogP contribution is 2.12. The third kappa shape index (κ3) is 5.93. The van der Waals surface area contributed by atoms with E-state index in [0.717, 1.165) is 11.5 Å². The van der Waals surface area contributed by atoms with E-state index in [1.54, 1.807) is 0 Å². The molecular formula is C15H23NO3.